The predicted molar refractivity (Wildman–Crippen MR) is 130 cm³/mol. The summed E-state index contributed by atoms with van der Waals surface area (Å²) < 4.78 is 5.05. The number of hydrogen-bond acceptors (Lipinski definition) is 6. The van der Waals surface area contributed by atoms with Crippen molar-refractivity contribution < 1.29 is 14.3 Å². The number of piperazine rings is 1. The molecule has 2 aromatic rings. The lowest BCUT2D eigenvalue weighted by molar-refractivity contribution is -0.117. The minimum Gasteiger partial charge on any atom is -0.465 e. The zero-order valence-corrected chi connectivity index (χ0v) is 20.1. The molecule has 1 fully saturated rings. The molecule has 0 spiro atoms. The zero-order chi connectivity index (χ0) is 22.7. The molecule has 2 heterocycles. The van der Waals surface area contributed by atoms with Crippen LogP contribution in [0.3, 0.4) is 0 Å². The van der Waals surface area contributed by atoms with E-state index in [2.05, 4.69) is 53.2 Å². The van der Waals surface area contributed by atoms with E-state index in [1.807, 2.05) is 0 Å². The van der Waals surface area contributed by atoms with Crippen molar-refractivity contribution in [1.82, 2.24) is 4.90 Å². The van der Waals surface area contributed by atoms with Crippen LogP contribution in [0.5, 0.6) is 0 Å². The Morgan fingerprint density at radius 1 is 1.12 bits per heavy atom. The van der Waals surface area contributed by atoms with Crippen molar-refractivity contribution in [2.75, 3.05) is 43.5 Å². The van der Waals surface area contributed by atoms with Gasteiger partial charge in [0.15, 0.2) is 0 Å². The van der Waals surface area contributed by atoms with Crippen LogP contribution in [0.2, 0.25) is 0 Å². The number of fused-ring (bicyclic) bond motifs is 1. The molecule has 172 valence electrons. The highest BCUT2D eigenvalue weighted by Crippen LogP contribution is 2.38. The van der Waals surface area contributed by atoms with E-state index in [0.717, 1.165) is 50.9 Å². The van der Waals surface area contributed by atoms with Crippen LogP contribution in [0.15, 0.2) is 24.3 Å². The highest BCUT2D eigenvalue weighted by molar-refractivity contribution is 7.17. The molecule has 32 heavy (non-hydrogen) atoms. The minimum absolute atomic E-state index is 0.0671. The van der Waals surface area contributed by atoms with Gasteiger partial charge in [-0.15, -0.1) is 11.3 Å². The summed E-state index contributed by atoms with van der Waals surface area (Å²) in [6.45, 7) is 7.17. The van der Waals surface area contributed by atoms with Gasteiger partial charge in [-0.05, 0) is 57.2 Å². The average molecular weight is 456 g/mol. The Balaban J connectivity index is 1.40. The fourth-order valence-electron chi connectivity index (χ4n) is 4.81. The molecule has 4 rings (SSSR count). The van der Waals surface area contributed by atoms with Crippen LogP contribution in [-0.4, -0.2) is 56.1 Å². The summed E-state index contributed by atoms with van der Waals surface area (Å²) >= 11 is 1.55. The first-order valence-electron chi connectivity index (χ1n) is 11.5. The summed E-state index contributed by atoms with van der Waals surface area (Å²) in [6, 6.07) is 8.95. The number of esters is 1. The van der Waals surface area contributed by atoms with Crippen molar-refractivity contribution >= 4 is 33.9 Å². The Labute approximate surface area is 194 Å². The molecule has 0 radical (unpaired) electrons. The maximum Gasteiger partial charge on any atom is 0.341 e. The Bertz CT molecular complexity index is 970. The van der Waals surface area contributed by atoms with E-state index in [1.54, 1.807) is 11.3 Å². The van der Waals surface area contributed by atoms with Crippen LogP contribution in [0.1, 0.15) is 52.5 Å². The molecule has 1 amide bonds. The Morgan fingerprint density at radius 3 is 2.59 bits per heavy atom. The van der Waals surface area contributed by atoms with Crippen molar-refractivity contribution in [1.29, 1.82) is 0 Å². The van der Waals surface area contributed by atoms with Gasteiger partial charge in [-0.3, -0.25) is 9.69 Å². The highest BCUT2D eigenvalue weighted by Gasteiger charge is 2.28. The summed E-state index contributed by atoms with van der Waals surface area (Å²) in [4.78, 5) is 31.2. The number of hydrogen-bond donors (Lipinski definition) is 1. The summed E-state index contributed by atoms with van der Waals surface area (Å²) in [7, 11) is 1.41. The predicted octanol–water partition coefficient (Wildman–Crippen LogP) is 4.26. The van der Waals surface area contributed by atoms with Gasteiger partial charge in [-0.2, -0.15) is 0 Å². The van der Waals surface area contributed by atoms with Gasteiger partial charge < -0.3 is 15.0 Å². The third kappa shape index (κ3) is 4.99. The van der Waals surface area contributed by atoms with E-state index < -0.39 is 0 Å². The van der Waals surface area contributed by atoms with Gasteiger partial charge in [-0.25, -0.2) is 4.79 Å². The molecule has 6 nitrogen and oxygen atoms in total. The van der Waals surface area contributed by atoms with E-state index in [-0.39, 0.29) is 11.9 Å². The fourth-order valence-corrected chi connectivity index (χ4v) is 6.11. The SMILES string of the molecule is COC(=O)c1c(NC(=O)CN2CCN(c3ccc(C)cc3)C(C)C2)sc2c1CCCCC2. The lowest BCUT2D eigenvalue weighted by Crippen LogP contribution is -2.53. The number of nitrogens with one attached hydrogen (secondary N) is 1. The van der Waals surface area contributed by atoms with Gasteiger partial charge in [-0.1, -0.05) is 24.1 Å². The van der Waals surface area contributed by atoms with E-state index in [0.29, 0.717) is 23.2 Å². The minimum atomic E-state index is -0.347. The molecular formula is C25H33N3O3S. The molecule has 1 aliphatic carbocycles. The molecule has 7 heteroatoms. The summed E-state index contributed by atoms with van der Waals surface area (Å²) in [5, 5.41) is 3.69. The lowest BCUT2D eigenvalue weighted by atomic mass is 10.1. The molecule has 2 aliphatic rings. The van der Waals surface area contributed by atoms with Gasteiger partial charge in [0, 0.05) is 36.2 Å². The Hall–Kier alpha value is -2.38. The molecule has 1 unspecified atom stereocenters. The van der Waals surface area contributed by atoms with Crippen LogP contribution in [-0.2, 0) is 22.4 Å². The topological polar surface area (TPSA) is 61.9 Å². The third-order valence-corrected chi connectivity index (χ3v) is 7.72. The number of ether oxygens (including phenoxy) is 1. The molecular weight excluding hydrogens is 422 g/mol. The van der Waals surface area contributed by atoms with Crippen LogP contribution in [0.4, 0.5) is 10.7 Å². The fraction of sp³-hybridized carbons (Fsp3) is 0.520. The quantitative estimate of drug-likeness (QED) is 0.539. The molecule has 1 atom stereocenters. The van der Waals surface area contributed by atoms with E-state index in [4.69, 9.17) is 4.74 Å². The second-order valence-electron chi connectivity index (χ2n) is 8.92. The molecule has 1 aromatic carbocycles. The molecule has 0 bridgehead atoms. The number of rotatable bonds is 5. The smallest absolute Gasteiger partial charge is 0.341 e. The molecule has 1 aliphatic heterocycles. The van der Waals surface area contributed by atoms with E-state index in [9.17, 15) is 9.59 Å². The van der Waals surface area contributed by atoms with Gasteiger partial charge in [0.1, 0.15) is 5.00 Å². The first kappa shape index (κ1) is 22.8. The van der Waals surface area contributed by atoms with Crippen molar-refractivity contribution in [3.63, 3.8) is 0 Å². The van der Waals surface area contributed by atoms with Crippen LogP contribution >= 0.6 is 11.3 Å². The van der Waals surface area contributed by atoms with Gasteiger partial charge in [0.2, 0.25) is 5.91 Å². The van der Waals surface area contributed by atoms with Crippen LogP contribution < -0.4 is 10.2 Å². The van der Waals surface area contributed by atoms with Gasteiger partial charge in [0.05, 0.1) is 19.2 Å². The molecule has 1 aromatic heterocycles. The second-order valence-corrected chi connectivity index (χ2v) is 10.0. The van der Waals surface area contributed by atoms with E-state index >= 15 is 0 Å². The van der Waals surface area contributed by atoms with Crippen molar-refractivity contribution in [2.45, 2.75) is 52.0 Å². The maximum absolute atomic E-state index is 12.9. The van der Waals surface area contributed by atoms with Gasteiger partial charge in [0.25, 0.3) is 0 Å². The first-order valence-corrected chi connectivity index (χ1v) is 12.4. The number of carbonyl (C=O) groups is 2. The number of thiophene rings is 1. The number of nitrogens with zero attached hydrogens (tertiary/aromatic N) is 2. The number of anilines is 2. The number of carbonyl (C=O) groups excluding carboxylic acids is 2. The van der Waals surface area contributed by atoms with Gasteiger partial charge >= 0.3 is 5.97 Å². The standard InChI is InChI=1S/C25H33N3O3S/c1-17-9-11-19(12-10-17)28-14-13-27(15-18(28)2)16-22(29)26-24-23(25(30)31-3)20-7-5-4-6-8-21(20)32-24/h9-12,18H,4-8,13-16H2,1-3H3,(H,26,29). The van der Waals surface area contributed by atoms with Crippen molar-refractivity contribution in [2.24, 2.45) is 0 Å². The summed E-state index contributed by atoms with van der Waals surface area (Å²) in [5.41, 5.74) is 4.14. The zero-order valence-electron chi connectivity index (χ0n) is 19.3. The summed E-state index contributed by atoms with van der Waals surface area (Å²) in [5.74, 6) is -0.414. The number of benzene rings is 1. The highest BCUT2D eigenvalue weighted by atomic mass is 32.1. The molecule has 1 N–H and O–H groups in total. The van der Waals surface area contributed by atoms with E-state index in [1.165, 1.54) is 29.7 Å². The number of methoxy groups -OCH3 is 1. The Kier molecular flexibility index (Phi) is 7.16. The first-order chi connectivity index (χ1) is 15.5. The lowest BCUT2D eigenvalue weighted by Gasteiger charge is -2.41. The summed E-state index contributed by atoms with van der Waals surface area (Å²) in [6.07, 6.45) is 5.23. The maximum atomic E-state index is 12.9. The van der Waals surface area contributed by atoms with Crippen molar-refractivity contribution in [3.05, 3.63) is 45.8 Å². The largest absolute Gasteiger partial charge is 0.465 e. The Morgan fingerprint density at radius 2 is 1.88 bits per heavy atom. The normalized spacial score (nSPS) is 19.2. The van der Waals surface area contributed by atoms with Crippen LogP contribution in [0, 0.1) is 6.92 Å². The van der Waals surface area contributed by atoms with Crippen LogP contribution in [0.25, 0.3) is 0 Å². The number of amides is 1. The molecule has 1 saturated heterocycles. The monoisotopic (exact) mass is 455 g/mol. The number of aryl methyl sites for hydroxylation is 2. The second kappa shape index (κ2) is 10.0. The third-order valence-electron chi connectivity index (χ3n) is 6.51. The van der Waals surface area contributed by atoms with Crippen molar-refractivity contribution in [3.8, 4) is 0 Å². The average Bonchev–Trinajstić information content (AvgIpc) is 2.94. The molecule has 0 saturated carbocycles.